The molecule has 0 aromatic carbocycles. The second-order valence-corrected chi connectivity index (χ2v) is 18.9. The maximum absolute atomic E-state index is 14.2. The number of quaternary nitrogens is 1. The Hall–Kier alpha value is -1.56. The van der Waals surface area contributed by atoms with E-state index in [4.69, 9.17) is 25.7 Å². The Balaban J connectivity index is 1.39. The molecule has 318 valence electrons. The molecule has 2 aliphatic carbocycles. The van der Waals surface area contributed by atoms with Crippen molar-refractivity contribution >= 4 is 11.8 Å². The molecule has 2 saturated carbocycles. The topological polar surface area (TPSA) is 244 Å². The Morgan fingerprint density at radius 1 is 1.04 bits per heavy atom. The summed E-state index contributed by atoms with van der Waals surface area (Å²) in [6, 6.07) is 0. The third-order valence-electron chi connectivity index (χ3n) is 16.0. The zero-order chi connectivity index (χ0) is 39.9. The molecule has 14 heteroatoms. The number of esters is 1. The molecule has 14 nitrogen and oxygen atoms in total. The predicted octanol–water partition coefficient (Wildman–Crippen LogP) is -0.329. The molecule has 5 saturated heterocycles. The molecule has 0 aromatic rings. The smallest absolute Gasteiger partial charge is 0.336 e. The first-order chi connectivity index (χ1) is 26.9. The minimum Gasteiger partial charge on any atom is -0.456 e. The molecule has 0 spiro atoms. The number of hydrogen-bond acceptors (Lipinski definition) is 13. The van der Waals surface area contributed by atoms with E-state index in [2.05, 4.69) is 10.6 Å². The maximum Gasteiger partial charge on any atom is 0.336 e. The Bertz CT molecular complexity index is 1400. The first-order valence-corrected chi connectivity index (χ1v) is 21.9. The van der Waals surface area contributed by atoms with Gasteiger partial charge in [-0.15, -0.1) is 0 Å². The van der Waals surface area contributed by atoms with Crippen molar-refractivity contribution in [1.82, 2.24) is 5.32 Å². The minimum absolute atomic E-state index is 0.00530. The van der Waals surface area contributed by atoms with E-state index in [1.165, 1.54) is 0 Å². The van der Waals surface area contributed by atoms with Crippen LogP contribution in [0.2, 0.25) is 0 Å². The van der Waals surface area contributed by atoms with Gasteiger partial charge in [-0.05, 0) is 114 Å². The van der Waals surface area contributed by atoms with Crippen molar-refractivity contribution in [2.45, 2.75) is 145 Å². The first kappa shape index (κ1) is 42.6. The van der Waals surface area contributed by atoms with Gasteiger partial charge in [-0.3, -0.25) is 10.5 Å². The minimum atomic E-state index is -1.16. The van der Waals surface area contributed by atoms with E-state index >= 15 is 0 Å². The van der Waals surface area contributed by atoms with Gasteiger partial charge in [0.15, 0.2) is 0 Å². The van der Waals surface area contributed by atoms with Crippen molar-refractivity contribution in [2.75, 3.05) is 32.9 Å². The van der Waals surface area contributed by atoms with Crippen LogP contribution < -0.4 is 22.1 Å². The Labute approximate surface area is 331 Å². The highest BCUT2D eigenvalue weighted by molar-refractivity contribution is 5.88. The van der Waals surface area contributed by atoms with Gasteiger partial charge >= 0.3 is 5.97 Å². The second kappa shape index (κ2) is 18.0. The van der Waals surface area contributed by atoms with E-state index in [1.807, 2.05) is 6.92 Å². The van der Waals surface area contributed by atoms with Crippen LogP contribution in [0.15, 0.2) is 11.6 Å². The van der Waals surface area contributed by atoms with Crippen LogP contribution >= 0.6 is 0 Å². The number of ether oxygens (including phenoxy) is 3. The van der Waals surface area contributed by atoms with Crippen LogP contribution in [0, 0.1) is 59.2 Å². The fourth-order valence-corrected chi connectivity index (χ4v) is 13.0. The number of carbonyl (C=O) groups excluding carboxylic acids is 2. The van der Waals surface area contributed by atoms with Gasteiger partial charge in [0, 0.05) is 37.2 Å². The molecular formula is C42H71N4O10+. The van der Waals surface area contributed by atoms with E-state index in [1.54, 1.807) is 13.0 Å². The van der Waals surface area contributed by atoms with Crippen molar-refractivity contribution in [3.8, 4) is 0 Å². The van der Waals surface area contributed by atoms with Gasteiger partial charge in [-0.25, -0.2) is 4.79 Å². The molecule has 2 bridgehead atoms. The number of hydrogen-bond donors (Lipinski definition) is 9. The van der Waals surface area contributed by atoms with Gasteiger partial charge in [-0.1, -0.05) is 12.5 Å². The van der Waals surface area contributed by atoms with Crippen LogP contribution in [-0.2, 0) is 23.8 Å². The van der Waals surface area contributed by atoms with Crippen molar-refractivity contribution in [1.29, 1.82) is 0 Å². The molecule has 5 aliphatic heterocycles. The highest BCUT2D eigenvalue weighted by Crippen LogP contribution is 2.59. The largest absolute Gasteiger partial charge is 0.456 e. The molecule has 5 heterocycles. The third kappa shape index (κ3) is 8.16. The summed E-state index contributed by atoms with van der Waals surface area (Å²) < 4.78 is 20.8. The number of rotatable bonds is 9. The van der Waals surface area contributed by atoms with Gasteiger partial charge < -0.3 is 56.1 Å². The SMILES string of the molecule is CC=C(CO)C(=O)O[C@H]1CC2C(O)C3C(=O)CC(CO)OC3C3C2O[C@@]1(C)[C@H](CC1CCC(N)[NH2+]C1)CCC1C(N)NCCC1[C@@H]3[C@H](CO)C1CCCC(O)C1. The summed E-state index contributed by atoms with van der Waals surface area (Å²) in [7, 11) is 0. The molecule has 19 atom stereocenters. The van der Waals surface area contributed by atoms with Crippen LogP contribution in [0.3, 0.4) is 0 Å². The van der Waals surface area contributed by atoms with Gasteiger partial charge in [0.25, 0.3) is 0 Å². The van der Waals surface area contributed by atoms with Gasteiger partial charge in [0.2, 0.25) is 0 Å². The number of aliphatic hydroxyl groups is 5. The monoisotopic (exact) mass is 792 g/mol. The zero-order valence-electron chi connectivity index (χ0n) is 33.5. The Morgan fingerprint density at radius 3 is 2.52 bits per heavy atom. The average Bonchev–Trinajstić information content (AvgIpc) is 3.17. The van der Waals surface area contributed by atoms with Crippen molar-refractivity contribution in [2.24, 2.45) is 70.6 Å². The van der Waals surface area contributed by atoms with Crippen molar-refractivity contribution in [3.63, 3.8) is 0 Å². The number of nitrogens with two attached hydrogens (primary N) is 3. The highest BCUT2D eigenvalue weighted by Gasteiger charge is 2.66. The lowest BCUT2D eigenvalue weighted by molar-refractivity contribution is -0.703. The number of aliphatic hydroxyl groups excluding tert-OH is 5. The summed E-state index contributed by atoms with van der Waals surface area (Å²) in [4.78, 5) is 28.0. The molecule has 14 unspecified atom stereocenters. The highest BCUT2D eigenvalue weighted by atomic mass is 16.6. The van der Waals surface area contributed by atoms with E-state index in [0.29, 0.717) is 18.9 Å². The van der Waals surface area contributed by atoms with E-state index in [-0.39, 0.29) is 85.3 Å². The number of ketones is 1. The number of nitrogens with one attached hydrogen (secondary N) is 1. The molecule has 56 heavy (non-hydrogen) atoms. The summed E-state index contributed by atoms with van der Waals surface area (Å²) in [5.74, 6) is -3.00. The van der Waals surface area contributed by atoms with Crippen LogP contribution in [0.25, 0.3) is 0 Å². The van der Waals surface area contributed by atoms with Gasteiger partial charge in [-0.2, -0.15) is 0 Å². The van der Waals surface area contributed by atoms with Crippen molar-refractivity contribution in [3.05, 3.63) is 11.6 Å². The van der Waals surface area contributed by atoms with Crippen molar-refractivity contribution < 1.29 is 54.6 Å². The predicted molar refractivity (Wildman–Crippen MR) is 205 cm³/mol. The fourth-order valence-electron chi connectivity index (χ4n) is 13.0. The normalized spacial score (nSPS) is 47.9. The lowest BCUT2D eigenvalue weighted by atomic mass is 9.51. The average molecular weight is 792 g/mol. The molecule has 0 radical (unpaired) electrons. The lowest BCUT2D eigenvalue weighted by Gasteiger charge is -2.63. The van der Waals surface area contributed by atoms with E-state index < -0.39 is 72.6 Å². The summed E-state index contributed by atoms with van der Waals surface area (Å²) in [6.07, 6.45) is 4.90. The molecule has 7 rings (SSSR count). The molecule has 0 amide bonds. The molecule has 0 aromatic heterocycles. The maximum atomic E-state index is 14.2. The lowest BCUT2D eigenvalue weighted by Crippen LogP contribution is -2.95. The van der Waals surface area contributed by atoms with Gasteiger partial charge in [0.1, 0.15) is 23.7 Å². The molecule has 7 fully saturated rings. The second-order valence-electron chi connectivity index (χ2n) is 18.9. The summed E-state index contributed by atoms with van der Waals surface area (Å²) in [6.45, 7) is 4.36. The number of fused-ring (bicyclic) bond motifs is 4. The van der Waals surface area contributed by atoms with Crippen LogP contribution in [0.4, 0.5) is 0 Å². The van der Waals surface area contributed by atoms with E-state index in [0.717, 1.165) is 64.3 Å². The quantitative estimate of drug-likeness (QED) is 0.108. The standard InChI is InChI=1S/C42H70N4O10/c1-3-22(18-47)41(53)55-32-16-29-37(52)35-31(51)15-26(19-48)54-39(35)36-34(30(20-49)23-5-4-6-25(50)14-23)27-11-12-45-40(44)28(27)9-8-24(42(32,2)56-38(29)36)13-21-7-10-33(43)46-17-21/h3,21,23-30,32-40,45-50,52H,4-20,43-44H2,1-2H3/p+1/t21?,23?,24-,25?,26?,27?,28?,29?,30+,32-,33?,34+,35?,36?,37?,38?,39?,40?,42-/m0/s1. The van der Waals surface area contributed by atoms with E-state index in [9.17, 15) is 35.1 Å². The van der Waals surface area contributed by atoms with Gasteiger partial charge in [0.05, 0.1) is 67.9 Å². The fraction of sp³-hybridized carbons (Fsp3) is 0.905. The number of allylic oxidation sites excluding steroid dienone is 1. The summed E-state index contributed by atoms with van der Waals surface area (Å²) in [5.41, 5.74) is 12.5. The molecule has 12 N–H and O–H groups in total. The number of Topliss-reactive ketones (excluding diaryl/α,β-unsaturated/α-hetero) is 1. The first-order valence-electron chi connectivity index (χ1n) is 21.9. The zero-order valence-corrected chi connectivity index (χ0v) is 33.5. The number of carbonyl (C=O) groups is 2. The summed E-state index contributed by atoms with van der Waals surface area (Å²) >= 11 is 0. The Kier molecular flexibility index (Phi) is 13.7. The Morgan fingerprint density at radius 2 is 1.84 bits per heavy atom. The third-order valence-corrected chi connectivity index (χ3v) is 16.0. The summed E-state index contributed by atoms with van der Waals surface area (Å²) in [5, 5.41) is 61.2. The van der Waals surface area contributed by atoms with Crippen LogP contribution in [0.1, 0.15) is 90.9 Å². The molecular weight excluding hydrogens is 720 g/mol. The molecule has 7 aliphatic rings. The number of piperidine rings is 2. The van der Waals surface area contributed by atoms with Crippen LogP contribution in [-0.4, -0.2) is 125 Å². The van der Waals surface area contributed by atoms with Crippen LogP contribution in [0.5, 0.6) is 0 Å².